The number of fused-ring (bicyclic) bond motifs is 4. The summed E-state index contributed by atoms with van der Waals surface area (Å²) < 4.78 is 34.3. The molecule has 0 N–H and O–H groups in total. The predicted octanol–water partition coefficient (Wildman–Crippen LogP) is 5.83. The zero-order valence-corrected chi connectivity index (χ0v) is 30.5. The third-order valence-electron chi connectivity index (χ3n) is 10.1. The Labute approximate surface area is 309 Å². The summed E-state index contributed by atoms with van der Waals surface area (Å²) in [6.07, 6.45) is 7.36. The van der Waals surface area contributed by atoms with Crippen LogP contribution in [0, 0.1) is 0 Å². The van der Waals surface area contributed by atoms with E-state index in [1.165, 1.54) is 36.2 Å². The van der Waals surface area contributed by atoms with Gasteiger partial charge < -0.3 is 38.2 Å². The van der Waals surface area contributed by atoms with Crippen LogP contribution in [0.2, 0.25) is 0 Å². The summed E-state index contributed by atoms with van der Waals surface area (Å²) in [5, 5.41) is 0. The highest BCUT2D eigenvalue weighted by molar-refractivity contribution is 6.06. The van der Waals surface area contributed by atoms with Gasteiger partial charge in [0, 0.05) is 38.3 Å². The topological polar surface area (TPSA) is 137 Å². The highest BCUT2D eigenvalue weighted by atomic mass is 16.6. The summed E-state index contributed by atoms with van der Waals surface area (Å²) in [5.74, 6) is 1.33. The number of hydrogen-bond acceptors (Lipinski definition) is 10. The molecule has 2 fully saturated rings. The fourth-order valence-electron chi connectivity index (χ4n) is 7.45. The van der Waals surface area contributed by atoms with Crippen LogP contribution in [-0.4, -0.2) is 113 Å². The van der Waals surface area contributed by atoms with E-state index in [4.69, 9.17) is 28.4 Å². The molecule has 14 nitrogen and oxygen atoms in total. The summed E-state index contributed by atoms with van der Waals surface area (Å²) in [5.41, 5.74) is 1.57. The number of carbonyl (C=O) groups excluding carboxylic acids is 4. The zero-order chi connectivity index (χ0) is 37.5. The number of nitrogens with zero attached hydrogens (tertiary/aromatic N) is 4. The number of amides is 4. The smallest absolute Gasteiger partial charge is 0.414 e. The Hall–Kier alpha value is -5.40. The zero-order valence-electron chi connectivity index (χ0n) is 30.5. The summed E-state index contributed by atoms with van der Waals surface area (Å²) in [6, 6.07) is 6.44. The SMILES string of the molecule is C=CCOC(=O)N1C[C@H]2CCCN2C(=O)c2cc(OC)c(OCCCCCOc3cc4c(cc3OC)C(=O)N3CCC[C@H]3CN4C(=O)OCC=C)cc21. The number of unbranched alkanes of at least 4 members (excludes halogenated alkanes) is 2. The van der Waals surface area contributed by atoms with Crippen LogP contribution in [0.4, 0.5) is 21.0 Å². The van der Waals surface area contributed by atoms with E-state index in [1.54, 1.807) is 24.3 Å². The van der Waals surface area contributed by atoms with Gasteiger partial charge in [0.1, 0.15) is 13.2 Å². The van der Waals surface area contributed by atoms with Crippen LogP contribution >= 0.6 is 0 Å². The second-order valence-electron chi connectivity index (χ2n) is 13.3. The molecular formula is C39H48N4O10. The minimum atomic E-state index is -0.554. The fraction of sp³-hybridized carbons (Fsp3) is 0.487. The summed E-state index contributed by atoms with van der Waals surface area (Å²) in [6.45, 7) is 9.97. The average molecular weight is 733 g/mol. The fourth-order valence-corrected chi connectivity index (χ4v) is 7.45. The van der Waals surface area contributed by atoms with E-state index < -0.39 is 12.2 Å². The first-order valence-electron chi connectivity index (χ1n) is 18.2. The number of rotatable bonds is 14. The van der Waals surface area contributed by atoms with Crippen LogP contribution in [0.3, 0.4) is 0 Å². The molecule has 284 valence electrons. The highest BCUT2D eigenvalue weighted by Gasteiger charge is 2.41. The quantitative estimate of drug-likeness (QED) is 0.173. The molecule has 53 heavy (non-hydrogen) atoms. The van der Waals surface area contributed by atoms with Crippen molar-refractivity contribution in [1.82, 2.24) is 9.80 Å². The first-order chi connectivity index (χ1) is 25.8. The maximum absolute atomic E-state index is 13.6. The number of anilines is 2. The van der Waals surface area contributed by atoms with E-state index in [0.29, 0.717) is 97.7 Å². The summed E-state index contributed by atoms with van der Waals surface area (Å²) in [4.78, 5) is 60.1. The second kappa shape index (κ2) is 17.0. The van der Waals surface area contributed by atoms with Gasteiger partial charge in [-0.3, -0.25) is 19.4 Å². The lowest BCUT2D eigenvalue weighted by Gasteiger charge is -2.26. The Kier molecular flexibility index (Phi) is 12.0. The Morgan fingerprint density at radius 3 is 1.51 bits per heavy atom. The normalized spacial score (nSPS) is 18.9. The molecule has 4 aliphatic heterocycles. The van der Waals surface area contributed by atoms with Gasteiger partial charge in [-0.25, -0.2) is 9.59 Å². The molecule has 2 aromatic rings. The molecule has 0 radical (unpaired) electrons. The van der Waals surface area contributed by atoms with Gasteiger partial charge in [0.15, 0.2) is 23.0 Å². The molecule has 4 heterocycles. The maximum atomic E-state index is 13.6. The van der Waals surface area contributed by atoms with Crippen molar-refractivity contribution in [2.24, 2.45) is 0 Å². The molecule has 6 rings (SSSR count). The van der Waals surface area contributed by atoms with Gasteiger partial charge >= 0.3 is 12.2 Å². The lowest BCUT2D eigenvalue weighted by Crippen LogP contribution is -2.42. The first kappa shape index (κ1) is 37.4. The largest absolute Gasteiger partial charge is 0.493 e. The van der Waals surface area contributed by atoms with Crippen molar-refractivity contribution in [3.05, 3.63) is 60.7 Å². The standard InChI is InChI=1S/C39H48N4O10/c1-5-16-52-38(46)42-24-26-12-10-14-40(26)36(44)28-20-32(48-3)34(22-30(28)42)50-18-8-7-9-19-51-35-23-31-29(21-33(35)49-4)37(45)41-15-11-13-27(41)25-43(31)39(47)53-17-6-2/h5-6,20-23,26-27H,1-2,7-19,24-25H2,3-4H3/t26-,27+. The Balaban J connectivity index is 1.10. The van der Waals surface area contributed by atoms with Crippen LogP contribution in [-0.2, 0) is 9.47 Å². The van der Waals surface area contributed by atoms with Crippen molar-refractivity contribution < 1.29 is 47.6 Å². The molecule has 0 spiro atoms. The lowest BCUT2D eigenvalue weighted by molar-refractivity contribution is 0.0739. The average Bonchev–Trinajstić information content (AvgIpc) is 3.81. The molecule has 0 aromatic heterocycles. The van der Waals surface area contributed by atoms with Crippen molar-refractivity contribution in [3.63, 3.8) is 0 Å². The van der Waals surface area contributed by atoms with Gasteiger partial charge in [0.25, 0.3) is 11.8 Å². The predicted molar refractivity (Wildman–Crippen MR) is 197 cm³/mol. The van der Waals surface area contributed by atoms with Gasteiger partial charge in [-0.2, -0.15) is 0 Å². The monoisotopic (exact) mass is 732 g/mol. The van der Waals surface area contributed by atoms with Crippen LogP contribution in [0.25, 0.3) is 0 Å². The van der Waals surface area contributed by atoms with Gasteiger partial charge in [-0.1, -0.05) is 25.3 Å². The molecular weight excluding hydrogens is 684 g/mol. The lowest BCUT2D eigenvalue weighted by atomic mass is 10.1. The number of methoxy groups -OCH3 is 2. The summed E-state index contributed by atoms with van der Waals surface area (Å²) in [7, 11) is 3.03. The molecule has 2 atom stereocenters. The number of hydrogen-bond donors (Lipinski definition) is 0. The number of ether oxygens (including phenoxy) is 6. The first-order valence-corrected chi connectivity index (χ1v) is 18.2. The summed E-state index contributed by atoms with van der Waals surface area (Å²) >= 11 is 0. The molecule has 0 unspecified atom stereocenters. The van der Waals surface area contributed by atoms with E-state index in [0.717, 1.165) is 32.1 Å². The van der Waals surface area contributed by atoms with Crippen molar-refractivity contribution in [1.29, 1.82) is 0 Å². The second-order valence-corrected chi connectivity index (χ2v) is 13.3. The molecule has 2 saturated heterocycles. The van der Waals surface area contributed by atoms with Crippen molar-refractivity contribution in [2.45, 2.75) is 57.0 Å². The molecule has 14 heteroatoms. The van der Waals surface area contributed by atoms with E-state index in [1.807, 2.05) is 9.80 Å². The van der Waals surface area contributed by atoms with Crippen molar-refractivity contribution in [2.75, 3.05) is 76.6 Å². The molecule has 4 amide bonds. The molecule has 0 bridgehead atoms. The highest BCUT2D eigenvalue weighted by Crippen LogP contribution is 2.41. The molecule has 0 saturated carbocycles. The van der Waals surface area contributed by atoms with Crippen LogP contribution < -0.4 is 28.7 Å². The minimum Gasteiger partial charge on any atom is -0.493 e. The molecule has 2 aromatic carbocycles. The van der Waals surface area contributed by atoms with Crippen LogP contribution in [0.5, 0.6) is 23.0 Å². The molecule has 4 aliphatic rings. The van der Waals surface area contributed by atoms with Gasteiger partial charge in [-0.15, -0.1) is 0 Å². The number of carbonyl (C=O) groups is 4. The van der Waals surface area contributed by atoms with Crippen LogP contribution in [0.1, 0.15) is 65.7 Å². The Morgan fingerprint density at radius 1 is 0.679 bits per heavy atom. The number of benzene rings is 2. The van der Waals surface area contributed by atoms with Crippen LogP contribution in [0.15, 0.2) is 49.6 Å². The van der Waals surface area contributed by atoms with Gasteiger partial charge in [0.05, 0.1) is 62.0 Å². The molecule has 0 aliphatic carbocycles. The van der Waals surface area contributed by atoms with E-state index >= 15 is 0 Å². The van der Waals surface area contributed by atoms with Crippen molar-refractivity contribution >= 4 is 35.4 Å². The van der Waals surface area contributed by atoms with Crippen molar-refractivity contribution in [3.8, 4) is 23.0 Å². The van der Waals surface area contributed by atoms with E-state index in [9.17, 15) is 19.2 Å². The van der Waals surface area contributed by atoms with Gasteiger partial charge in [0.2, 0.25) is 0 Å². The van der Waals surface area contributed by atoms with E-state index in [2.05, 4.69) is 13.2 Å². The Bertz CT molecular complexity index is 1610. The third kappa shape index (κ3) is 7.86. The third-order valence-corrected chi connectivity index (χ3v) is 10.1. The minimum absolute atomic E-state index is 0.0531. The maximum Gasteiger partial charge on any atom is 0.414 e. The van der Waals surface area contributed by atoms with E-state index in [-0.39, 0.29) is 37.1 Å². The van der Waals surface area contributed by atoms with Gasteiger partial charge in [-0.05, 0) is 57.1 Å². The Morgan fingerprint density at radius 2 is 1.11 bits per heavy atom.